The second-order valence-electron chi connectivity index (χ2n) is 9.13. The van der Waals surface area contributed by atoms with Crippen LogP contribution >= 0.6 is 11.6 Å². The topological polar surface area (TPSA) is 96.0 Å². The molecule has 202 valence electrons. The van der Waals surface area contributed by atoms with Crippen LogP contribution in [0.25, 0.3) is 0 Å². The number of carbonyl (C=O) groups is 2. The molecule has 0 fully saturated rings. The molecule has 38 heavy (non-hydrogen) atoms. The number of benzene rings is 3. The second-order valence-corrected chi connectivity index (χ2v) is 11.4. The minimum atomic E-state index is -3.85. The lowest BCUT2D eigenvalue weighted by atomic mass is 10.1. The third kappa shape index (κ3) is 7.97. The van der Waals surface area contributed by atoms with Gasteiger partial charge in [-0.25, -0.2) is 8.42 Å². The lowest BCUT2D eigenvalue weighted by Crippen LogP contribution is -2.52. The molecule has 0 aliphatic heterocycles. The Balaban J connectivity index is 1.87. The van der Waals surface area contributed by atoms with Gasteiger partial charge in [0, 0.05) is 17.6 Å². The normalized spacial score (nSPS) is 12.1. The fourth-order valence-corrected chi connectivity index (χ4v) is 4.76. The van der Waals surface area contributed by atoms with Gasteiger partial charge in [0.1, 0.15) is 24.1 Å². The summed E-state index contributed by atoms with van der Waals surface area (Å²) in [5.74, 6) is 0.249. The fourth-order valence-electron chi connectivity index (χ4n) is 3.72. The fraction of sp³-hybridized carbons (Fsp3) is 0.286. The van der Waals surface area contributed by atoms with E-state index in [1.54, 1.807) is 67.6 Å². The molecule has 0 saturated carbocycles. The Morgan fingerprint density at radius 2 is 1.47 bits per heavy atom. The van der Waals surface area contributed by atoms with Crippen LogP contribution in [0.4, 0.5) is 5.69 Å². The first-order valence-corrected chi connectivity index (χ1v) is 14.3. The number of hydrogen-bond donors (Lipinski definition) is 1. The molecule has 0 bridgehead atoms. The lowest BCUT2D eigenvalue weighted by molar-refractivity contribution is -0.139. The van der Waals surface area contributed by atoms with Crippen molar-refractivity contribution in [3.05, 3.63) is 89.4 Å². The Kier molecular flexibility index (Phi) is 9.77. The standard InChI is InChI=1S/C28H32ClN3O5S/c1-20(2)30-28(34)21(3)31(18-22-10-8-9-13-26(22)29)27(33)19-32(38(4,35)36)23-14-16-25(17-15-23)37-24-11-6-5-7-12-24/h5-17,20-21H,18-19H2,1-4H3,(H,30,34)/t21-/m0/s1. The van der Waals surface area contributed by atoms with E-state index in [1.165, 1.54) is 4.90 Å². The molecule has 3 aromatic carbocycles. The molecule has 1 N–H and O–H groups in total. The molecule has 0 unspecified atom stereocenters. The predicted octanol–water partition coefficient (Wildman–Crippen LogP) is 4.84. The number of halogens is 1. The molecular formula is C28H32ClN3O5S. The highest BCUT2D eigenvalue weighted by Gasteiger charge is 2.30. The molecule has 0 radical (unpaired) electrons. The van der Waals surface area contributed by atoms with Crippen molar-refractivity contribution in [1.82, 2.24) is 10.2 Å². The minimum Gasteiger partial charge on any atom is -0.457 e. The van der Waals surface area contributed by atoms with E-state index in [0.717, 1.165) is 10.6 Å². The van der Waals surface area contributed by atoms with Crippen molar-refractivity contribution in [1.29, 1.82) is 0 Å². The molecule has 0 aliphatic carbocycles. The summed E-state index contributed by atoms with van der Waals surface area (Å²) in [5, 5.41) is 3.25. The van der Waals surface area contributed by atoms with Gasteiger partial charge in [0.2, 0.25) is 21.8 Å². The van der Waals surface area contributed by atoms with Crippen LogP contribution in [0.2, 0.25) is 5.02 Å². The van der Waals surface area contributed by atoms with Crippen LogP contribution < -0.4 is 14.4 Å². The quantitative estimate of drug-likeness (QED) is 0.364. The zero-order valence-corrected chi connectivity index (χ0v) is 23.4. The van der Waals surface area contributed by atoms with Crippen molar-refractivity contribution in [3.8, 4) is 11.5 Å². The number of anilines is 1. The van der Waals surface area contributed by atoms with Crippen LogP contribution in [0, 0.1) is 0 Å². The first-order chi connectivity index (χ1) is 18.0. The van der Waals surface area contributed by atoms with Crippen LogP contribution in [-0.2, 0) is 26.2 Å². The molecule has 0 aliphatic rings. The van der Waals surface area contributed by atoms with Gasteiger partial charge < -0.3 is 15.0 Å². The van der Waals surface area contributed by atoms with Gasteiger partial charge in [-0.2, -0.15) is 0 Å². The van der Waals surface area contributed by atoms with Gasteiger partial charge >= 0.3 is 0 Å². The number of amides is 2. The summed E-state index contributed by atoms with van der Waals surface area (Å²) in [6, 6.07) is 21.6. The molecule has 3 aromatic rings. The number of hydrogen-bond acceptors (Lipinski definition) is 5. The van der Waals surface area contributed by atoms with E-state index in [0.29, 0.717) is 27.8 Å². The van der Waals surface area contributed by atoms with Crippen molar-refractivity contribution in [2.24, 2.45) is 0 Å². The van der Waals surface area contributed by atoms with Gasteiger partial charge in [-0.3, -0.25) is 13.9 Å². The Hall–Kier alpha value is -3.56. The molecule has 0 aromatic heterocycles. The Morgan fingerprint density at radius 1 is 0.895 bits per heavy atom. The monoisotopic (exact) mass is 557 g/mol. The van der Waals surface area contributed by atoms with Gasteiger partial charge in [0.25, 0.3) is 0 Å². The summed E-state index contributed by atoms with van der Waals surface area (Å²) in [5.41, 5.74) is 0.929. The van der Waals surface area contributed by atoms with E-state index < -0.39 is 28.5 Å². The largest absolute Gasteiger partial charge is 0.457 e. The highest BCUT2D eigenvalue weighted by Crippen LogP contribution is 2.26. The van der Waals surface area contributed by atoms with Crippen molar-refractivity contribution in [3.63, 3.8) is 0 Å². The van der Waals surface area contributed by atoms with Crippen molar-refractivity contribution in [2.75, 3.05) is 17.1 Å². The number of nitrogens with zero attached hydrogens (tertiary/aromatic N) is 2. The van der Waals surface area contributed by atoms with E-state index in [2.05, 4.69) is 5.32 Å². The third-order valence-corrected chi connectivity index (χ3v) is 7.19. The van der Waals surface area contributed by atoms with Gasteiger partial charge in [-0.05, 0) is 68.8 Å². The van der Waals surface area contributed by atoms with Crippen LogP contribution in [0.5, 0.6) is 11.5 Å². The van der Waals surface area contributed by atoms with E-state index in [4.69, 9.17) is 16.3 Å². The van der Waals surface area contributed by atoms with Gasteiger partial charge in [0.05, 0.1) is 11.9 Å². The average molecular weight is 558 g/mol. The number of sulfonamides is 1. The first-order valence-electron chi connectivity index (χ1n) is 12.1. The van der Waals surface area contributed by atoms with Crippen LogP contribution in [0.1, 0.15) is 26.3 Å². The van der Waals surface area contributed by atoms with E-state index in [-0.39, 0.29) is 18.5 Å². The van der Waals surface area contributed by atoms with Gasteiger partial charge in [-0.15, -0.1) is 0 Å². The van der Waals surface area contributed by atoms with Crippen molar-refractivity contribution in [2.45, 2.75) is 39.4 Å². The van der Waals surface area contributed by atoms with Gasteiger partial charge in [0.15, 0.2) is 0 Å². The SMILES string of the molecule is CC(C)NC(=O)[C@H](C)N(Cc1ccccc1Cl)C(=O)CN(c1ccc(Oc2ccccc2)cc1)S(C)(=O)=O. The summed E-state index contributed by atoms with van der Waals surface area (Å²) < 4.78 is 32.3. The molecule has 8 nitrogen and oxygen atoms in total. The van der Waals surface area contributed by atoms with Crippen molar-refractivity contribution >= 4 is 39.1 Å². The Morgan fingerprint density at radius 3 is 2.05 bits per heavy atom. The smallest absolute Gasteiger partial charge is 0.244 e. The Labute approximate surface area is 229 Å². The molecule has 0 spiro atoms. The average Bonchev–Trinajstić information content (AvgIpc) is 2.86. The summed E-state index contributed by atoms with van der Waals surface area (Å²) in [4.78, 5) is 27.8. The molecule has 10 heteroatoms. The maximum Gasteiger partial charge on any atom is 0.244 e. The first kappa shape index (κ1) is 29.0. The third-order valence-electron chi connectivity index (χ3n) is 5.68. The molecule has 2 amide bonds. The van der Waals surface area contributed by atoms with Crippen LogP contribution in [-0.4, -0.2) is 50.0 Å². The van der Waals surface area contributed by atoms with E-state index in [9.17, 15) is 18.0 Å². The molecule has 0 saturated heterocycles. The van der Waals surface area contributed by atoms with E-state index in [1.807, 2.05) is 32.0 Å². The highest BCUT2D eigenvalue weighted by molar-refractivity contribution is 7.92. The summed E-state index contributed by atoms with van der Waals surface area (Å²) in [6.07, 6.45) is 1.03. The molecular weight excluding hydrogens is 526 g/mol. The number of rotatable bonds is 11. The zero-order valence-electron chi connectivity index (χ0n) is 21.8. The number of carbonyl (C=O) groups excluding carboxylic acids is 2. The number of ether oxygens (including phenoxy) is 1. The minimum absolute atomic E-state index is 0.0344. The molecule has 0 heterocycles. The second kappa shape index (κ2) is 12.8. The number of nitrogens with one attached hydrogen (secondary N) is 1. The van der Waals surface area contributed by atoms with Crippen molar-refractivity contribution < 1.29 is 22.7 Å². The predicted molar refractivity (Wildman–Crippen MR) is 150 cm³/mol. The maximum atomic E-state index is 13.6. The summed E-state index contributed by atoms with van der Waals surface area (Å²) >= 11 is 6.33. The summed E-state index contributed by atoms with van der Waals surface area (Å²) in [7, 11) is -3.85. The highest BCUT2D eigenvalue weighted by atomic mass is 35.5. The Bertz CT molecular complexity index is 1350. The molecule has 3 rings (SSSR count). The maximum absolute atomic E-state index is 13.6. The lowest BCUT2D eigenvalue weighted by Gasteiger charge is -2.32. The number of para-hydroxylation sites is 1. The van der Waals surface area contributed by atoms with Crippen LogP contribution in [0.3, 0.4) is 0 Å². The zero-order chi connectivity index (χ0) is 27.9. The van der Waals surface area contributed by atoms with Crippen LogP contribution in [0.15, 0.2) is 78.9 Å². The summed E-state index contributed by atoms with van der Waals surface area (Å²) in [6.45, 7) is 4.78. The molecule has 1 atom stereocenters. The van der Waals surface area contributed by atoms with E-state index >= 15 is 0 Å². The van der Waals surface area contributed by atoms with Gasteiger partial charge in [-0.1, -0.05) is 48.0 Å².